The smallest absolute Gasteiger partial charge is 0.329 e. The minimum Gasteiger partial charge on any atom is -0.329 e. The van der Waals surface area contributed by atoms with Crippen LogP contribution in [0.4, 0.5) is 0 Å². The highest BCUT2D eigenvalue weighted by atomic mass is 16.7. The Hall–Kier alpha value is -3.20. The second-order valence-electron chi connectivity index (χ2n) is 6.33. The molecule has 2 amide bonds. The number of hydrogen-bond donors (Lipinski definition) is 0. The quantitative estimate of drug-likeness (QED) is 0.790. The van der Waals surface area contributed by atoms with Crippen molar-refractivity contribution < 1.29 is 19.2 Å². The number of imide groups is 1. The average molecular weight is 334 g/mol. The van der Waals surface area contributed by atoms with Gasteiger partial charge in [0.05, 0.1) is 23.1 Å². The van der Waals surface area contributed by atoms with Crippen LogP contribution in [-0.2, 0) is 19.2 Å². The Morgan fingerprint density at radius 1 is 1.20 bits per heavy atom. The van der Waals surface area contributed by atoms with E-state index in [9.17, 15) is 14.4 Å². The molecule has 6 nitrogen and oxygen atoms in total. The molecule has 1 aliphatic heterocycles. The van der Waals surface area contributed by atoms with E-state index in [2.05, 4.69) is 0 Å². The second-order valence-corrected chi connectivity index (χ2v) is 6.33. The standard InChI is InChI=1S/C19H14N2O4/c20-10-11-5-7-12(8-6-11)15-9-16(15)19(24)25-21-17(22)13-3-1-2-4-14(13)18(21)23/h1,3,5-8,15-16H,2,4,9H2/t15-,16?/m1/s1. The van der Waals surface area contributed by atoms with E-state index in [1.165, 1.54) is 0 Å². The molecular weight excluding hydrogens is 320 g/mol. The van der Waals surface area contributed by atoms with Gasteiger partial charge < -0.3 is 4.84 Å². The lowest BCUT2D eigenvalue weighted by Crippen LogP contribution is -2.35. The van der Waals surface area contributed by atoms with Crippen molar-refractivity contribution in [3.05, 3.63) is 58.7 Å². The van der Waals surface area contributed by atoms with Gasteiger partial charge in [-0.25, -0.2) is 4.79 Å². The molecule has 2 aliphatic carbocycles. The van der Waals surface area contributed by atoms with Crippen molar-refractivity contribution in [2.45, 2.75) is 25.2 Å². The molecule has 1 fully saturated rings. The van der Waals surface area contributed by atoms with Gasteiger partial charge >= 0.3 is 5.97 Å². The molecule has 3 aliphatic rings. The number of hydroxylamine groups is 2. The fourth-order valence-corrected chi connectivity index (χ4v) is 3.28. The lowest BCUT2D eigenvalue weighted by molar-refractivity contribution is -0.197. The van der Waals surface area contributed by atoms with Gasteiger partial charge in [-0.05, 0) is 42.9 Å². The zero-order valence-corrected chi connectivity index (χ0v) is 13.3. The maximum absolute atomic E-state index is 12.3. The molecule has 1 heterocycles. The van der Waals surface area contributed by atoms with Crippen LogP contribution in [0.3, 0.4) is 0 Å². The van der Waals surface area contributed by atoms with Gasteiger partial charge in [0.1, 0.15) is 0 Å². The lowest BCUT2D eigenvalue weighted by Gasteiger charge is -2.13. The molecule has 0 aromatic heterocycles. The summed E-state index contributed by atoms with van der Waals surface area (Å²) >= 11 is 0. The molecule has 0 N–H and O–H groups in total. The van der Waals surface area contributed by atoms with Crippen molar-refractivity contribution in [2.24, 2.45) is 5.92 Å². The SMILES string of the molecule is N#Cc1ccc([C@H]2CC2C(=O)ON2C(=O)C3=C(CCC=C3)C2=O)cc1. The predicted octanol–water partition coefficient (Wildman–Crippen LogP) is 2.14. The monoisotopic (exact) mass is 334 g/mol. The van der Waals surface area contributed by atoms with Crippen LogP contribution in [0, 0.1) is 17.2 Å². The van der Waals surface area contributed by atoms with E-state index in [1.807, 2.05) is 24.3 Å². The predicted molar refractivity (Wildman–Crippen MR) is 85.4 cm³/mol. The second kappa shape index (κ2) is 5.71. The number of nitrogens with zero attached hydrogens (tertiary/aromatic N) is 2. The molecular formula is C19H14N2O4. The summed E-state index contributed by atoms with van der Waals surface area (Å²) in [6.07, 6.45) is 5.24. The highest BCUT2D eigenvalue weighted by molar-refractivity contribution is 6.20. The molecule has 1 aromatic rings. The van der Waals surface area contributed by atoms with Crippen molar-refractivity contribution in [1.29, 1.82) is 5.26 Å². The molecule has 124 valence electrons. The zero-order valence-electron chi connectivity index (χ0n) is 13.3. The average Bonchev–Trinajstić information content (AvgIpc) is 3.42. The third-order valence-corrected chi connectivity index (χ3v) is 4.77. The molecule has 4 rings (SSSR count). The van der Waals surface area contributed by atoms with Crippen LogP contribution < -0.4 is 0 Å². The maximum Gasteiger partial charge on any atom is 0.336 e. The van der Waals surface area contributed by atoms with Crippen molar-refractivity contribution in [3.63, 3.8) is 0 Å². The molecule has 25 heavy (non-hydrogen) atoms. The number of benzene rings is 1. The number of hydrogen-bond acceptors (Lipinski definition) is 5. The van der Waals surface area contributed by atoms with Gasteiger partial charge in [-0.1, -0.05) is 29.3 Å². The van der Waals surface area contributed by atoms with E-state index >= 15 is 0 Å². The lowest BCUT2D eigenvalue weighted by atomic mass is 10.00. The van der Waals surface area contributed by atoms with E-state index in [4.69, 9.17) is 10.1 Å². The van der Waals surface area contributed by atoms with E-state index in [1.54, 1.807) is 18.2 Å². The molecule has 0 saturated heterocycles. The normalized spacial score (nSPS) is 24.2. The number of rotatable bonds is 3. The summed E-state index contributed by atoms with van der Waals surface area (Å²) in [6.45, 7) is 0. The summed E-state index contributed by atoms with van der Waals surface area (Å²) in [5.41, 5.74) is 2.24. The Labute approximate surface area is 143 Å². The molecule has 0 radical (unpaired) electrons. The van der Waals surface area contributed by atoms with Gasteiger partial charge in [0, 0.05) is 5.57 Å². The maximum atomic E-state index is 12.3. The van der Waals surface area contributed by atoms with E-state index in [0.717, 1.165) is 5.56 Å². The van der Waals surface area contributed by atoms with Crippen molar-refractivity contribution in [2.75, 3.05) is 0 Å². The van der Waals surface area contributed by atoms with Crippen LogP contribution in [0.15, 0.2) is 47.6 Å². The first kappa shape index (κ1) is 15.3. The fraction of sp³-hybridized carbons (Fsp3) is 0.263. The van der Waals surface area contributed by atoms with Crippen molar-refractivity contribution in [1.82, 2.24) is 5.06 Å². The number of amides is 2. The molecule has 6 heteroatoms. The third-order valence-electron chi connectivity index (χ3n) is 4.77. The van der Waals surface area contributed by atoms with E-state index in [-0.39, 0.29) is 11.8 Å². The largest absolute Gasteiger partial charge is 0.336 e. The summed E-state index contributed by atoms with van der Waals surface area (Å²) < 4.78 is 0. The van der Waals surface area contributed by atoms with Crippen molar-refractivity contribution >= 4 is 17.8 Å². The topological polar surface area (TPSA) is 87.5 Å². The molecule has 0 spiro atoms. The molecule has 1 saturated carbocycles. The first-order valence-corrected chi connectivity index (χ1v) is 8.10. The van der Waals surface area contributed by atoms with E-state index in [0.29, 0.717) is 41.0 Å². The molecule has 2 atom stereocenters. The Kier molecular flexibility index (Phi) is 3.50. The summed E-state index contributed by atoms with van der Waals surface area (Å²) in [5.74, 6) is -2.05. The van der Waals surface area contributed by atoms with Crippen molar-refractivity contribution in [3.8, 4) is 6.07 Å². The van der Waals surface area contributed by atoms with Crippen LogP contribution in [0.5, 0.6) is 0 Å². The van der Waals surface area contributed by atoms with Gasteiger partial charge in [0.2, 0.25) is 0 Å². The zero-order chi connectivity index (χ0) is 17.6. The molecule has 1 unspecified atom stereocenters. The van der Waals surface area contributed by atoms with Crippen LogP contribution in [0.1, 0.15) is 36.3 Å². The highest BCUT2D eigenvalue weighted by Gasteiger charge is 2.48. The fourth-order valence-electron chi connectivity index (χ4n) is 3.28. The summed E-state index contributed by atoms with van der Waals surface area (Å²) in [6, 6.07) is 9.08. The number of allylic oxidation sites excluding steroid dienone is 1. The summed E-state index contributed by atoms with van der Waals surface area (Å²) in [7, 11) is 0. The Balaban J connectivity index is 1.42. The van der Waals surface area contributed by atoms with Crippen LogP contribution in [0.25, 0.3) is 0 Å². The van der Waals surface area contributed by atoms with Gasteiger partial charge in [0.25, 0.3) is 11.8 Å². The number of carbonyl (C=O) groups excluding carboxylic acids is 3. The van der Waals surface area contributed by atoms with Gasteiger partial charge in [-0.3, -0.25) is 9.59 Å². The Morgan fingerprint density at radius 2 is 1.96 bits per heavy atom. The summed E-state index contributed by atoms with van der Waals surface area (Å²) in [4.78, 5) is 41.9. The highest BCUT2D eigenvalue weighted by Crippen LogP contribution is 2.48. The van der Waals surface area contributed by atoms with Gasteiger partial charge in [-0.2, -0.15) is 5.26 Å². The van der Waals surface area contributed by atoms with Gasteiger partial charge in [0.15, 0.2) is 0 Å². The van der Waals surface area contributed by atoms with Crippen LogP contribution in [-0.4, -0.2) is 22.8 Å². The van der Waals surface area contributed by atoms with Crippen LogP contribution in [0.2, 0.25) is 0 Å². The third kappa shape index (κ3) is 2.54. The van der Waals surface area contributed by atoms with E-state index < -0.39 is 17.8 Å². The van der Waals surface area contributed by atoms with Crippen LogP contribution >= 0.6 is 0 Å². The minimum absolute atomic E-state index is 0.00414. The number of nitriles is 1. The minimum atomic E-state index is -0.570. The van der Waals surface area contributed by atoms with Gasteiger partial charge in [-0.15, -0.1) is 0 Å². The molecule has 0 bridgehead atoms. The Morgan fingerprint density at radius 3 is 2.64 bits per heavy atom. The first-order chi connectivity index (χ1) is 12.1. The molecule has 1 aromatic carbocycles. The Bertz CT molecular complexity index is 889. The summed E-state index contributed by atoms with van der Waals surface area (Å²) in [5, 5.41) is 9.41. The first-order valence-electron chi connectivity index (χ1n) is 8.10. The number of carbonyl (C=O) groups is 3.